The molecule has 3 atom stereocenters. The predicted octanol–water partition coefficient (Wildman–Crippen LogP) is 2.69. The van der Waals surface area contributed by atoms with Crippen molar-refractivity contribution in [2.24, 2.45) is 5.92 Å². The van der Waals surface area contributed by atoms with Gasteiger partial charge in [0.15, 0.2) is 5.69 Å². The Kier molecular flexibility index (Phi) is 5.29. The zero-order valence-corrected chi connectivity index (χ0v) is 17.4. The van der Waals surface area contributed by atoms with E-state index in [4.69, 9.17) is 14.5 Å². The van der Waals surface area contributed by atoms with Crippen molar-refractivity contribution in [3.63, 3.8) is 0 Å². The molecule has 0 aliphatic carbocycles. The number of morpholine rings is 1. The van der Waals surface area contributed by atoms with Gasteiger partial charge in [-0.25, -0.2) is 9.97 Å². The Balaban J connectivity index is 1.34. The number of ether oxygens (including phenoxy) is 2. The molecule has 3 aliphatic heterocycles. The third kappa shape index (κ3) is 3.62. The van der Waals surface area contributed by atoms with Gasteiger partial charge in [-0.1, -0.05) is 6.07 Å². The van der Waals surface area contributed by atoms with E-state index in [1.165, 1.54) is 0 Å². The van der Waals surface area contributed by atoms with Crippen molar-refractivity contribution in [3.05, 3.63) is 47.9 Å². The van der Waals surface area contributed by atoms with Crippen molar-refractivity contribution in [3.8, 4) is 5.88 Å². The van der Waals surface area contributed by atoms with Crippen LogP contribution in [0.4, 0.5) is 5.69 Å². The number of aryl methyl sites for hydroxylation is 1. The first-order chi connectivity index (χ1) is 14.7. The lowest BCUT2D eigenvalue weighted by Crippen LogP contribution is -2.41. The summed E-state index contributed by atoms with van der Waals surface area (Å²) in [6.07, 6.45) is 4.82. The number of hydrogen-bond donors (Lipinski definition) is 0. The molecule has 0 saturated carbocycles. The lowest BCUT2D eigenvalue weighted by molar-refractivity contribution is 0.0703. The quantitative estimate of drug-likeness (QED) is 0.758. The molecule has 30 heavy (non-hydrogen) atoms. The SMILES string of the molecule is Cc1ccc(N2CCOCC2)c(C(=O)N2[C@@H]3CC[C@H]2[C@H](COc2ccccn2)C3)n1. The van der Waals surface area contributed by atoms with Crippen molar-refractivity contribution in [2.75, 3.05) is 37.8 Å². The van der Waals surface area contributed by atoms with E-state index in [0.29, 0.717) is 37.3 Å². The van der Waals surface area contributed by atoms with Crippen LogP contribution in [0.25, 0.3) is 0 Å². The molecule has 0 aromatic carbocycles. The van der Waals surface area contributed by atoms with E-state index in [-0.39, 0.29) is 18.0 Å². The third-order valence-corrected chi connectivity index (χ3v) is 6.55. The van der Waals surface area contributed by atoms with Crippen LogP contribution in [0.2, 0.25) is 0 Å². The summed E-state index contributed by atoms with van der Waals surface area (Å²) in [5, 5.41) is 0. The Morgan fingerprint density at radius 3 is 2.87 bits per heavy atom. The van der Waals surface area contributed by atoms with Gasteiger partial charge in [-0.3, -0.25) is 4.79 Å². The number of pyridine rings is 2. The second-order valence-electron chi connectivity index (χ2n) is 8.41. The van der Waals surface area contributed by atoms with Crippen molar-refractivity contribution in [1.82, 2.24) is 14.9 Å². The van der Waals surface area contributed by atoms with Gasteiger partial charge in [0.05, 0.1) is 25.5 Å². The molecule has 1 amide bonds. The lowest BCUT2D eigenvalue weighted by Gasteiger charge is -2.31. The normalized spacial score (nSPS) is 25.6. The van der Waals surface area contributed by atoms with E-state index in [1.54, 1.807) is 6.20 Å². The van der Waals surface area contributed by atoms with E-state index in [1.807, 2.05) is 37.3 Å². The summed E-state index contributed by atoms with van der Waals surface area (Å²) in [5.41, 5.74) is 2.39. The molecule has 3 saturated heterocycles. The van der Waals surface area contributed by atoms with Crippen LogP contribution < -0.4 is 9.64 Å². The molecule has 5 rings (SSSR count). The number of carbonyl (C=O) groups excluding carboxylic acids is 1. The molecule has 2 aromatic rings. The van der Waals surface area contributed by atoms with Crippen LogP contribution in [0.5, 0.6) is 5.88 Å². The van der Waals surface area contributed by atoms with E-state index >= 15 is 0 Å². The molecule has 7 heteroatoms. The summed E-state index contributed by atoms with van der Waals surface area (Å²) in [7, 11) is 0. The van der Waals surface area contributed by atoms with Gasteiger partial charge in [0.2, 0.25) is 5.88 Å². The predicted molar refractivity (Wildman–Crippen MR) is 113 cm³/mol. The highest BCUT2D eigenvalue weighted by Crippen LogP contribution is 2.43. The van der Waals surface area contributed by atoms with Crippen LogP contribution in [0, 0.1) is 12.8 Å². The maximum absolute atomic E-state index is 13.7. The second-order valence-corrected chi connectivity index (χ2v) is 8.41. The highest BCUT2D eigenvalue weighted by atomic mass is 16.5. The maximum Gasteiger partial charge on any atom is 0.275 e. The minimum absolute atomic E-state index is 0.0630. The number of nitrogens with zero attached hydrogens (tertiary/aromatic N) is 4. The number of fused-ring (bicyclic) bond motifs is 2. The standard InChI is InChI=1S/C23H28N4O3/c1-16-5-7-20(26-10-12-29-13-11-26)22(25-16)23(28)27-18-6-8-19(27)17(14-18)15-30-21-4-2-3-9-24-21/h2-5,7,9,17-19H,6,8,10-15H2,1H3/t17-,18+,19-/m0/s1. The van der Waals surface area contributed by atoms with Crippen LogP contribution in [0.15, 0.2) is 36.5 Å². The first kappa shape index (κ1) is 19.3. The smallest absolute Gasteiger partial charge is 0.275 e. The fourth-order valence-electron chi connectivity index (χ4n) is 5.12. The maximum atomic E-state index is 13.7. The van der Waals surface area contributed by atoms with Crippen molar-refractivity contribution in [1.29, 1.82) is 0 Å². The monoisotopic (exact) mass is 408 g/mol. The minimum atomic E-state index is 0.0630. The van der Waals surface area contributed by atoms with Crippen molar-refractivity contribution >= 4 is 11.6 Å². The van der Waals surface area contributed by atoms with Crippen molar-refractivity contribution < 1.29 is 14.3 Å². The van der Waals surface area contributed by atoms with Crippen LogP contribution in [-0.4, -0.2) is 65.8 Å². The van der Waals surface area contributed by atoms with Crippen LogP contribution in [-0.2, 0) is 4.74 Å². The summed E-state index contributed by atoms with van der Waals surface area (Å²) in [6.45, 7) is 5.49. The molecule has 2 bridgehead atoms. The van der Waals surface area contributed by atoms with E-state index in [9.17, 15) is 4.79 Å². The van der Waals surface area contributed by atoms with E-state index in [0.717, 1.165) is 43.7 Å². The van der Waals surface area contributed by atoms with Gasteiger partial charge in [-0.2, -0.15) is 0 Å². The number of anilines is 1. The fraction of sp³-hybridized carbons (Fsp3) is 0.522. The van der Waals surface area contributed by atoms with Gasteiger partial charge in [0.1, 0.15) is 0 Å². The Bertz CT molecular complexity index is 901. The van der Waals surface area contributed by atoms with Gasteiger partial charge in [0.25, 0.3) is 5.91 Å². The molecular formula is C23H28N4O3. The zero-order valence-electron chi connectivity index (χ0n) is 17.4. The molecule has 0 N–H and O–H groups in total. The lowest BCUT2D eigenvalue weighted by atomic mass is 9.90. The Labute approximate surface area is 177 Å². The highest BCUT2D eigenvalue weighted by molar-refractivity contribution is 5.98. The topological polar surface area (TPSA) is 67.8 Å². The summed E-state index contributed by atoms with van der Waals surface area (Å²) < 4.78 is 11.4. The van der Waals surface area contributed by atoms with Gasteiger partial charge >= 0.3 is 0 Å². The molecule has 0 radical (unpaired) electrons. The largest absolute Gasteiger partial charge is 0.477 e. The first-order valence-corrected chi connectivity index (χ1v) is 10.9. The van der Waals surface area contributed by atoms with Gasteiger partial charge in [0, 0.05) is 49.0 Å². The van der Waals surface area contributed by atoms with Gasteiger partial charge in [-0.15, -0.1) is 0 Å². The number of aromatic nitrogens is 2. The van der Waals surface area contributed by atoms with E-state index < -0.39 is 0 Å². The average Bonchev–Trinajstić information content (AvgIpc) is 3.36. The summed E-state index contributed by atoms with van der Waals surface area (Å²) >= 11 is 0. The number of hydrogen-bond acceptors (Lipinski definition) is 6. The fourth-order valence-corrected chi connectivity index (χ4v) is 5.12. The number of rotatable bonds is 5. The van der Waals surface area contributed by atoms with Crippen LogP contribution in [0.1, 0.15) is 35.4 Å². The molecular weight excluding hydrogens is 380 g/mol. The zero-order chi connectivity index (χ0) is 20.5. The van der Waals surface area contributed by atoms with Gasteiger partial charge in [-0.05, 0) is 44.4 Å². The highest BCUT2D eigenvalue weighted by Gasteiger charge is 2.49. The molecule has 158 valence electrons. The Morgan fingerprint density at radius 2 is 2.07 bits per heavy atom. The summed E-state index contributed by atoms with van der Waals surface area (Å²) in [6, 6.07) is 10.2. The molecule has 3 fully saturated rings. The van der Waals surface area contributed by atoms with Crippen molar-refractivity contribution in [2.45, 2.75) is 38.3 Å². The molecule has 3 aliphatic rings. The molecule has 0 spiro atoms. The number of amides is 1. The summed E-state index contributed by atoms with van der Waals surface area (Å²) in [4.78, 5) is 27.0. The third-order valence-electron chi connectivity index (χ3n) is 6.55. The molecule has 5 heterocycles. The molecule has 7 nitrogen and oxygen atoms in total. The average molecular weight is 409 g/mol. The van der Waals surface area contributed by atoms with Crippen LogP contribution >= 0.6 is 0 Å². The molecule has 0 unspecified atom stereocenters. The Hall–Kier alpha value is -2.67. The Morgan fingerprint density at radius 1 is 1.20 bits per heavy atom. The summed E-state index contributed by atoms with van der Waals surface area (Å²) in [5.74, 6) is 1.05. The number of carbonyl (C=O) groups is 1. The minimum Gasteiger partial charge on any atom is -0.477 e. The van der Waals surface area contributed by atoms with E-state index in [2.05, 4.69) is 14.8 Å². The first-order valence-electron chi connectivity index (χ1n) is 10.9. The van der Waals surface area contributed by atoms with Crippen LogP contribution in [0.3, 0.4) is 0 Å². The second kappa shape index (κ2) is 8.22. The van der Waals surface area contributed by atoms with Gasteiger partial charge < -0.3 is 19.3 Å². The molecule has 2 aromatic heterocycles.